The molecule has 0 fully saturated rings. The van der Waals surface area contributed by atoms with E-state index in [9.17, 15) is 4.79 Å². The molecule has 1 amide bonds. The zero-order valence-corrected chi connectivity index (χ0v) is 11.7. The number of nitrogens with one attached hydrogen (secondary N) is 1. The molecule has 0 aliphatic rings. The van der Waals surface area contributed by atoms with Crippen molar-refractivity contribution in [3.8, 4) is 0 Å². The molecule has 0 unspecified atom stereocenters. The van der Waals surface area contributed by atoms with E-state index in [0.29, 0.717) is 19.5 Å². The van der Waals surface area contributed by atoms with E-state index < -0.39 is 0 Å². The molecule has 0 aromatic carbocycles. The third-order valence-electron chi connectivity index (χ3n) is 3.11. The van der Waals surface area contributed by atoms with Gasteiger partial charge in [-0.1, -0.05) is 5.16 Å². The van der Waals surface area contributed by atoms with E-state index in [4.69, 9.17) is 4.52 Å². The Kier molecular flexibility index (Phi) is 5.85. The van der Waals surface area contributed by atoms with Crippen LogP contribution in [0.15, 0.2) is 4.52 Å². The lowest BCUT2D eigenvalue weighted by Crippen LogP contribution is -2.32. The molecule has 0 spiro atoms. The average Bonchev–Trinajstić information content (AvgIpc) is 2.67. The average molecular weight is 253 g/mol. The minimum atomic E-state index is 0.200. The Morgan fingerprint density at radius 2 is 2.00 bits per heavy atom. The number of amides is 1. The summed E-state index contributed by atoms with van der Waals surface area (Å²) in [5.41, 5.74) is 2.00. The van der Waals surface area contributed by atoms with E-state index in [1.54, 1.807) is 0 Å². The van der Waals surface area contributed by atoms with Gasteiger partial charge >= 0.3 is 0 Å². The number of rotatable bonds is 7. The van der Waals surface area contributed by atoms with Gasteiger partial charge in [0.15, 0.2) is 0 Å². The van der Waals surface area contributed by atoms with E-state index in [1.165, 1.54) is 0 Å². The molecule has 1 N–H and O–H groups in total. The minimum Gasteiger partial charge on any atom is -0.361 e. The van der Waals surface area contributed by atoms with Gasteiger partial charge in [-0.05, 0) is 27.7 Å². The highest BCUT2D eigenvalue weighted by Crippen LogP contribution is 2.11. The van der Waals surface area contributed by atoms with Gasteiger partial charge in [-0.25, -0.2) is 0 Å². The van der Waals surface area contributed by atoms with Crippen LogP contribution in [0, 0.1) is 13.8 Å². The standard InChI is InChI=1S/C13H23N3O2/c1-5-16(6-2)13(17)7-8-14-9-12-10(3)15-18-11(12)4/h14H,5-9H2,1-4H3. The zero-order chi connectivity index (χ0) is 13.5. The van der Waals surface area contributed by atoms with Crippen LogP contribution in [0.2, 0.25) is 0 Å². The molecule has 18 heavy (non-hydrogen) atoms. The van der Waals surface area contributed by atoms with Crippen molar-refractivity contribution in [2.75, 3.05) is 19.6 Å². The van der Waals surface area contributed by atoms with Gasteiger partial charge < -0.3 is 14.7 Å². The van der Waals surface area contributed by atoms with Crippen LogP contribution in [0.5, 0.6) is 0 Å². The molecule has 5 nitrogen and oxygen atoms in total. The predicted molar refractivity (Wildman–Crippen MR) is 70.2 cm³/mol. The Hall–Kier alpha value is -1.36. The van der Waals surface area contributed by atoms with Crippen molar-refractivity contribution in [2.24, 2.45) is 0 Å². The molecule has 0 radical (unpaired) electrons. The number of hydrogen-bond acceptors (Lipinski definition) is 4. The van der Waals surface area contributed by atoms with Gasteiger partial charge in [0.1, 0.15) is 5.76 Å². The van der Waals surface area contributed by atoms with Crippen LogP contribution < -0.4 is 5.32 Å². The van der Waals surface area contributed by atoms with E-state index in [0.717, 1.165) is 30.1 Å². The maximum Gasteiger partial charge on any atom is 0.223 e. The first-order chi connectivity index (χ1) is 8.60. The van der Waals surface area contributed by atoms with Crippen LogP contribution >= 0.6 is 0 Å². The molecule has 102 valence electrons. The third kappa shape index (κ3) is 3.84. The highest BCUT2D eigenvalue weighted by atomic mass is 16.5. The number of carbonyl (C=O) groups is 1. The molecule has 0 bridgehead atoms. The first-order valence-electron chi connectivity index (χ1n) is 6.50. The fourth-order valence-corrected chi connectivity index (χ4v) is 1.90. The van der Waals surface area contributed by atoms with Gasteiger partial charge in [-0.15, -0.1) is 0 Å². The van der Waals surface area contributed by atoms with Gasteiger partial charge in [0.05, 0.1) is 5.69 Å². The molecule has 0 saturated heterocycles. The Bertz CT molecular complexity index is 364. The molecule has 0 saturated carbocycles. The van der Waals surface area contributed by atoms with Crippen LogP contribution in [0.4, 0.5) is 0 Å². The third-order valence-corrected chi connectivity index (χ3v) is 3.11. The fourth-order valence-electron chi connectivity index (χ4n) is 1.90. The fraction of sp³-hybridized carbons (Fsp3) is 0.692. The van der Waals surface area contributed by atoms with Crippen LogP contribution in [0.3, 0.4) is 0 Å². The minimum absolute atomic E-state index is 0.200. The van der Waals surface area contributed by atoms with Gasteiger partial charge in [0.2, 0.25) is 5.91 Å². The van der Waals surface area contributed by atoms with Crippen molar-refractivity contribution < 1.29 is 9.32 Å². The molecule has 1 aromatic rings. The SMILES string of the molecule is CCN(CC)C(=O)CCNCc1c(C)noc1C. The van der Waals surface area contributed by atoms with Crippen LogP contribution in [0.1, 0.15) is 37.3 Å². The summed E-state index contributed by atoms with van der Waals surface area (Å²) in [6, 6.07) is 0. The maximum absolute atomic E-state index is 11.8. The van der Waals surface area contributed by atoms with Gasteiger partial charge in [0, 0.05) is 38.2 Å². The number of aromatic nitrogens is 1. The van der Waals surface area contributed by atoms with Gasteiger partial charge in [-0.2, -0.15) is 0 Å². The summed E-state index contributed by atoms with van der Waals surface area (Å²) in [7, 11) is 0. The summed E-state index contributed by atoms with van der Waals surface area (Å²) in [5.74, 6) is 1.04. The Morgan fingerprint density at radius 1 is 1.33 bits per heavy atom. The molecular weight excluding hydrogens is 230 g/mol. The summed E-state index contributed by atoms with van der Waals surface area (Å²) in [6.07, 6.45) is 0.533. The van der Waals surface area contributed by atoms with Crippen molar-refractivity contribution in [2.45, 2.75) is 40.7 Å². The van der Waals surface area contributed by atoms with Gasteiger partial charge in [0.25, 0.3) is 0 Å². The highest BCUT2D eigenvalue weighted by Gasteiger charge is 2.10. The molecule has 0 aliphatic heterocycles. The summed E-state index contributed by atoms with van der Waals surface area (Å²) >= 11 is 0. The lowest BCUT2D eigenvalue weighted by molar-refractivity contribution is -0.130. The number of nitrogens with zero attached hydrogens (tertiary/aromatic N) is 2. The molecule has 1 aromatic heterocycles. The molecule has 0 aliphatic carbocycles. The molecule has 5 heteroatoms. The smallest absolute Gasteiger partial charge is 0.223 e. The second-order valence-corrected chi connectivity index (χ2v) is 4.30. The highest BCUT2D eigenvalue weighted by molar-refractivity contribution is 5.76. The Balaban J connectivity index is 2.29. The van der Waals surface area contributed by atoms with Gasteiger partial charge in [-0.3, -0.25) is 4.79 Å². The predicted octanol–water partition coefficient (Wildman–Crippen LogP) is 1.64. The molecule has 1 rings (SSSR count). The summed E-state index contributed by atoms with van der Waals surface area (Å²) in [6.45, 7) is 10.8. The summed E-state index contributed by atoms with van der Waals surface area (Å²) < 4.78 is 5.08. The lowest BCUT2D eigenvalue weighted by Gasteiger charge is -2.18. The molecular formula is C13H23N3O2. The first-order valence-corrected chi connectivity index (χ1v) is 6.50. The lowest BCUT2D eigenvalue weighted by atomic mass is 10.2. The second kappa shape index (κ2) is 7.16. The molecule has 1 heterocycles. The topological polar surface area (TPSA) is 58.4 Å². The summed E-state index contributed by atoms with van der Waals surface area (Å²) in [5, 5.41) is 7.15. The second-order valence-electron chi connectivity index (χ2n) is 4.30. The molecule has 0 atom stereocenters. The van der Waals surface area contributed by atoms with Crippen molar-refractivity contribution in [1.29, 1.82) is 0 Å². The van der Waals surface area contributed by atoms with E-state index in [2.05, 4.69) is 10.5 Å². The normalized spacial score (nSPS) is 10.7. The summed E-state index contributed by atoms with van der Waals surface area (Å²) in [4.78, 5) is 13.6. The maximum atomic E-state index is 11.8. The number of carbonyl (C=O) groups excluding carboxylic acids is 1. The van der Waals surface area contributed by atoms with Crippen LogP contribution in [-0.4, -0.2) is 35.6 Å². The number of aryl methyl sites for hydroxylation is 2. The van der Waals surface area contributed by atoms with E-state index >= 15 is 0 Å². The largest absolute Gasteiger partial charge is 0.361 e. The monoisotopic (exact) mass is 253 g/mol. The number of hydrogen-bond donors (Lipinski definition) is 1. The first kappa shape index (κ1) is 14.7. The van der Waals surface area contributed by atoms with Crippen molar-refractivity contribution >= 4 is 5.91 Å². The van der Waals surface area contributed by atoms with E-state index in [1.807, 2.05) is 32.6 Å². The Morgan fingerprint density at radius 3 is 2.50 bits per heavy atom. The van der Waals surface area contributed by atoms with Crippen molar-refractivity contribution in [3.63, 3.8) is 0 Å². The quantitative estimate of drug-likeness (QED) is 0.750. The van der Waals surface area contributed by atoms with Crippen molar-refractivity contribution in [3.05, 3.63) is 17.0 Å². The van der Waals surface area contributed by atoms with E-state index in [-0.39, 0.29) is 5.91 Å². The Labute approximate surface area is 109 Å². The van der Waals surface area contributed by atoms with Crippen LogP contribution in [0.25, 0.3) is 0 Å². The van der Waals surface area contributed by atoms with Crippen molar-refractivity contribution in [1.82, 2.24) is 15.4 Å². The van der Waals surface area contributed by atoms with Crippen LogP contribution in [-0.2, 0) is 11.3 Å². The zero-order valence-electron chi connectivity index (χ0n) is 11.7.